The van der Waals surface area contributed by atoms with Gasteiger partial charge in [0.25, 0.3) is 0 Å². The molecule has 1 aliphatic rings. The van der Waals surface area contributed by atoms with Crippen LogP contribution in [0.15, 0.2) is 0 Å². The lowest BCUT2D eigenvalue weighted by molar-refractivity contribution is -0.145. The number of methoxy groups -OCH3 is 1. The van der Waals surface area contributed by atoms with Gasteiger partial charge in [0.2, 0.25) is 5.91 Å². The molecule has 4 heteroatoms. The molecule has 1 fully saturated rings. The van der Waals surface area contributed by atoms with Gasteiger partial charge in [0.15, 0.2) is 0 Å². The Morgan fingerprint density at radius 2 is 2.19 bits per heavy atom. The molecule has 0 aromatic rings. The average Bonchev–Trinajstić information content (AvgIpc) is 2.26. The Kier molecular flexibility index (Phi) is 4.74. The van der Waals surface area contributed by atoms with E-state index in [1.807, 2.05) is 18.7 Å². The smallest absolute Gasteiger partial charge is 0.248 e. The normalized spacial score (nSPS) is 26.2. The number of likely N-dealkylation sites (tertiary alicyclic amines) is 1. The number of hydrogen-bond donors (Lipinski definition) is 0. The van der Waals surface area contributed by atoms with Crippen LogP contribution in [0, 0.1) is 0 Å². The lowest BCUT2D eigenvalue weighted by Crippen LogP contribution is -2.50. The standard InChI is InChI=1S/C12H23NO3/c1-10(2)16-8-11(14)13-7-5-6-12(3,9-13)15-4/h10H,5-9H2,1-4H3. The highest BCUT2D eigenvalue weighted by Gasteiger charge is 2.32. The van der Waals surface area contributed by atoms with Gasteiger partial charge in [-0.3, -0.25) is 4.79 Å². The molecule has 16 heavy (non-hydrogen) atoms. The minimum absolute atomic E-state index is 0.0664. The molecule has 1 saturated heterocycles. The first-order chi connectivity index (χ1) is 7.47. The lowest BCUT2D eigenvalue weighted by atomic mass is 9.95. The van der Waals surface area contributed by atoms with Crippen molar-refractivity contribution in [3.8, 4) is 0 Å². The van der Waals surface area contributed by atoms with Crippen molar-refractivity contribution in [3.63, 3.8) is 0 Å². The highest BCUT2D eigenvalue weighted by atomic mass is 16.5. The number of ether oxygens (including phenoxy) is 2. The summed E-state index contributed by atoms with van der Waals surface area (Å²) in [7, 11) is 1.71. The first-order valence-electron chi connectivity index (χ1n) is 5.91. The van der Waals surface area contributed by atoms with E-state index >= 15 is 0 Å². The largest absolute Gasteiger partial charge is 0.377 e. The third kappa shape index (κ3) is 3.76. The van der Waals surface area contributed by atoms with Crippen LogP contribution in [0.3, 0.4) is 0 Å². The van der Waals surface area contributed by atoms with E-state index in [2.05, 4.69) is 6.92 Å². The zero-order chi connectivity index (χ0) is 12.2. The summed E-state index contributed by atoms with van der Waals surface area (Å²) in [5, 5.41) is 0. The van der Waals surface area contributed by atoms with Crippen molar-refractivity contribution in [2.45, 2.75) is 45.3 Å². The van der Waals surface area contributed by atoms with Crippen molar-refractivity contribution >= 4 is 5.91 Å². The van der Waals surface area contributed by atoms with Gasteiger partial charge in [0.1, 0.15) is 6.61 Å². The van der Waals surface area contributed by atoms with E-state index in [1.54, 1.807) is 7.11 Å². The van der Waals surface area contributed by atoms with Gasteiger partial charge in [0, 0.05) is 20.2 Å². The minimum Gasteiger partial charge on any atom is -0.377 e. The summed E-state index contributed by atoms with van der Waals surface area (Å²) in [6.07, 6.45) is 2.11. The number of hydrogen-bond acceptors (Lipinski definition) is 3. The Balaban J connectivity index is 2.44. The maximum atomic E-state index is 11.9. The number of amides is 1. The van der Waals surface area contributed by atoms with Gasteiger partial charge < -0.3 is 14.4 Å². The minimum atomic E-state index is -0.189. The molecule has 0 N–H and O–H groups in total. The van der Waals surface area contributed by atoms with Crippen LogP contribution in [-0.4, -0.2) is 49.3 Å². The molecule has 1 unspecified atom stereocenters. The third-order valence-corrected chi connectivity index (χ3v) is 3.04. The van der Waals surface area contributed by atoms with Crippen LogP contribution in [0.4, 0.5) is 0 Å². The van der Waals surface area contributed by atoms with Crippen LogP contribution >= 0.6 is 0 Å². The molecule has 1 rings (SSSR count). The molecule has 0 spiro atoms. The number of rotatable bonds is 4. The van der Waals surface area contributed by atoms with Gasteiger partial charge in [-0.2, -0.15) is 0 Å². The van der Waals surface area contributed by atoms with Gasteiger partial charge >= 0.3 is 0 Å². The summed E-state index contributed by atoms with van der Waals surface area (Å²) in [4.78, 5) is 13.7. The maximum absolute atomic E-state index is 11.9. The molecular formula is C12H23NO3. The van der Waals surface area contributed by atoms with E-state index < -0.39 is 0 Å². The van der Waals surface area contributed by atoms with Gasteiger partial charge in [-0.05, 0) is 33.6 Å². The SMILES string of the molecule is COC1(C)CCCN(C(=O)COC(C)C)C1. The van der Waals surface area contributed by atoms with Crippen LogP contribution in [0.2, 0.25) is 0 Å². The van der Waals surface area contributed by atoms with Crippen molar-refractivity contribution < 1.29 is 14.3 Å². The lowest BCUT2D eigenvalue weighted by Gasteiger charge is -2.39. The van der Waals surface area contributed by atoms with Gasteiger partial charge in [-0.25, -0.2) is 0 Å². The number of carbonyl (C=O) groups excluding carboxylic acids is 1. The maximum Gasteiger partial charge on any atom is 0.248 e. The third-order valence-electron chi connectivity index (χ3n) is 3.04. The molecule has 0 aromatic heterocycles. The molecule has 0 saturated carbocycles. The fourth-order valence-corrected chi connectivity index (χ4v) is 1.91. The first-order valence-corrected chi connectivity index (χ1v) is 5.91. The summed E-state index contributed by atoms with van der Waals surface area (Å²) in [6.45, 7) is 7.59. The average molecular weight is 229 g/mol. The number of nitrogens with zero attached hydrogens (tertiary/aromatic N) is 1. The van der Waals surface area contributed by atoms with Crippen molar-refractivity contribution in [1.82, 2.24) is 4.90 Å². The quantitative estimate of drug-likeness (QED) is 0.732. The van der Waals surface area contributed by atoms with Gasteiger partial charge in [0.05, 0.1) is 11.7 Å². The van der Waals surface area contributed by atoms with Crippen LogP contribution in [0.25, 0.3) is 0 Å². The predicted molar refractivity (Wildman–Crippen MR) is 62.3 cm³/mol. The summed E-state index contributed by atoms with van der Waals surface area (Å²) >= 11 is 0. The first kappa shape index (κ1) is 13.5. The van der Waals surface area contributed by atoms with E-state index in [4.69, 9.17) is 9.47 Å². The summed E-state index contributed by atoms with van der Waals surface area (Å²) < 4.78 is 10.8. The van der Waals surface area contributed by atoms with Crippen LogP contribution in [0.1, 0.15) is 33.6 Å². The second kappa shape index (κ2) is 5.64. The molecule has 1 amide bonds. The Labute approximate surface area is 97.9 Å². The van der Waals surface area contributed by atoms with Crippen molar-refractivity contribution in [2.75, 3.05) is 26.8 Å². The Hall–Kier alpha value is -0.610. The Morgan fingerprint density at radius 3 is 2.75 bits per heavy atom. The molecular weight excluding hydrogens is 206 g/mol. The Bertz CT molecular complexity index is 242. The van der Waals surface area contributed by atoms with Crippen LogP contribution in [0.5, 0.6) is 0 Å². The van der Waals surface area contributed by atoms with E-state index in [1.165, 1.54) is 0 Å². The number of carbonyl (C=O) groups is 1. The van der Waals surface area contributed by atoms with E-state index in [9.17, 15) is 4.79 Å². The van der Waals surface area contributed by atoms with Crippen LogP contribution in [-0.2, 0) is 14.3 Å². The van der Waals surface area contributed by atoms with E-state index in [0.717, 1.165) is 19.4 Å². The molecule has 0 aromatic carbocycles. The highest BCUT2D eigenvalue weighted by Crippen LogP contribution is 2.23. The number of piperidine rings is 1. The summed E-state index contributed by atoms with van der Waals surface area (Å²) in [5.41, 5.74) is -0.189. The highest BCUT2D eigenvalue weighted by molar-refractivity contribution is 5.77. The molecule has 0 aliphatic carbocycles. The topological polar surface area (TPSA) is 38.8 Å². The Morgan fingerprint density at radius 1 is 1.50 bits per heavy atom. The monoisotopic (exact) mass is 229 g/mol. The van der Waals surface area contributed by atoms with Crippen molar-refractivity contribution in [2.24, 2.45) is 0 Å². The van der Waals surface area contributed by atoms with E-state index in [0.29, 0.717) is 6.54 Å². The predicted octanol–water partition coefficient (Wildman–Crippen LogP) is 1.44. The van der Waals surface area contributed by atoms with Crippen molar-refractivity contribution in [3.05, 3.63) is 0 Å². The summed E-state index contributed by atoms with van der Waals surface area (Å²) in [5.74, 6) is 0.0664. The molecule has 0 bridgehead atoms. The van der Waals surface area contributed by atoms with Crippen molar-refractivity contribution in [1.29, 1.82) is 0 Å². The second-order valence-corrected chi connectivity index (χ2v) is 4.93. The molecule has 0 radical (unpaired) electrons. The molecule has 1 heterocycles. The van der Waals surface area contributed by atoms with Gasteiger partial charge in [-0.1, -0.05) is 0 Å². The molecule has 94 valence electrons. The zero-order valence-corrected chi connectivity index (χ0v) is 10.8. The fourth-order valence-electron chi connectivity index (χ4n) is 1.91. The molecule has 1 atom stereocenters. The van der Waals surface area contributed by atoms with Crippen LogP contribution < -0.4 is 0 Å². The second-order valence-electron chi connectivity index (χ2n) is 4.93. The van der Waals surface area contributed by atoms with E-state index in [-0.39, 0.29) is 24.2 Å². The molecule has 1 aliphatic heterocycles. The molecule has 4 nitrogen and oxygen atoms in total. The summed E-state index contributed by atoms with van der Waals surface area (Å²) in [6, 6.07) is 0. The fraction of sp³-hybridized carbons (Fsp3) is 0.917. The van der Waals surface area contributed by atoms with Gasteiger partial charge in [-0.15, -0.1) is 0 Å². The zero-order valence-electron chi connectivity index (χ0n) is 10.8.